The number of aromatic nitrogens is 3. The number of benzene rings is 2. The number of aryl methyl sites for hydroxylation is 3. The monoisotopic (exact) mass is 430 g/mol. The summed E-state index contributed by atoms with van der Waals surface area (Å²) in [7, 11) is 2.20. The molecule has 162 valence electrons. The van der Waals surface area contributed by atoms with Crippen molar-refractivity contribution in [2.45, 2.75) is 45.4 Å². The summed E-state index contributed by atoms with van der Waals surface area (Å²) in [6.07, 6.45) is 9.88. The molecule has 2 aliphatic rings. The van der Waals surface area contributed by atoms with Gasteiger partial charge in [-0.1, -0.05) is 12.5 Å². The highest BCUT2D eigenvalue weighted by Gasteiger charge is 2.40. The maximum atomic E-state index is 4.93. The molecule has 33 heavy (non-hydrogen) atoms. The molecule has 8 rings (SSSR count). The highest BCUT2D eigenvalue weighted by Crippen LogP contribution is 2.53. The van der Waals surface area contributed by atoms with Crippen molar-refractivity contribution in [1.29, 1.82) is 0 Å². The van der Waals surface area contributed by atoms with Crippen LogP contribution >= 0.6 is 0 Å². The summed E-state index contributed by atoms with van der Waals surface area (Å²) < 4.78 is 4.82. The van der Waals surface area contributed by atoms with Gasteiger partial charge in [0, 0.05) is 23.0 Å². The van der Waals surface area contributed by atoms with E-state index in [0.29, 0.717) is 5.92 Å². The SMILES string of the molecule is Cc1cc2c3cccnc3n3c4cc(C5CC6CCC5C6)cc5cc[n+](C)c(c(c1C)c23)c54. The normalized spacial score (nSPS) is 22.8. The Morgan fingerprint density at radius 2 is 1.91 bits per heavy atom. The first-order valence-corrected chi connectivity index (χ1v) is 12.5. The van der Waals surface area contributed by atoms with Gasteiger partial charge in [-0.05, 0) is 97.2 Å². The molecular weight excluding hydrogens is 402 g/mol. The highest BCUT2D eigenvalue weighted by atomic mass is 15.0. The Bertz CT molecular complexity index is 1770. The second-order valence-electron chi connectivity index (χ2n) is 10.9. The van der Waals surface area contributed by atoms with Crippen molar-refractivity contribution in [3.8, 4) is 0 Å². The van der Waals surface area contributed by atoms with Gasteiger partial charge in [0.1, 0.15) is 12.7 Å². The van der Waals surface area contributed by atoms with Crippen molar-refractivity contribution in [3.05, 3.63) is 65.5 Å². The molecule has 2 bridgehead atoms. The molecule has 0 saturated heterocycles. The van der Waals surface area contributed by atoms with E-state index >= 15 is 0 Å². The average Bonchev–Trinajstić information content (AvgIpc) is 3.54. The Labute approximate surface area is 193 Å². The number of fused-ring (bicyclic) bond motifs is 7. The molecule has 2 fully saturated rings. The Morgan fingerprint density at radius 1 is 1.00 bits per heavy atom. The van der Waals surface area contributed by atoms with Gasteiger partial charge in [-0.15, -0.1) is 0 Å². The summed E-state index contributed by atoms with van der Waals surface area (Å²) >= 11 is 0. The molecule has 2 aliphatic carbocycles. The summed E-state index contributed by atoms with van der Waals surface area (Å²) in [5.74, 6) is 2.54. The third kappa shape index (κ3) is 2.16. The largest absolute Gasteiger partial charge is 0.292 e. The second-order valence-corrected chi connectivity index (χ2v) is 10.9. The third-order valence-electron chi connectivity index (χ3n) is 9.21. The molecule has 0 aliphatic heterocycles. The van der Waals surface area contributed by atoms with Crippen molar-refractivity contribution >= 4 is 49.1 Å². The fourth-order valence-corrected chi connectivity index (χ4v) is 7.60. The van der Waals surface area contributed by atoms with Crippen LogP contribution in [0, 0.1) is 25.7 Å². The minimum absolute atomic E-state index is 0.716. The summed E-state index contributed by atoms with van der Waals surface area (Å²) in [5.41, 5.74) is 9.35. The topological polar surface area (TPSA) is 21.2 Å². The van der Waals surface area contributed by atoms with Crippen molar-refractivity contribution < 1.29 is 4.57 Å². The maximum absolute atomic E-state index is 4.93. The Balaban J connectivity index is 1.65. The first-order valence-electron chi connectivity index (χ1n) is 12.5. The van der Waals surface area contributed by atoms with E-state index in [1.807, 2.05) is 6.20 Å². The van der Waals surface area contributed by atoms with Gasteiger partial charge in [-0.3, -0.25) is 4.40 Å². The van der Waals surface area contributed by atoms with Crippen LogP contribution < -0.4 is 4.57 Å². The lowest BCUT2D eigenvalue weighted by Gasteiger charge is -2.23. The molecule has 6 aromatic rings. The summed E-state index contributed by atoms with van der Waals surface area (Å²) in [4.78, 5) is 4.93. The molecule has 4 aromatic heterocycles. The minimum Gasteiger partial charge on any atom is -0.292 e. The van der Waals surface area contributed by atoms with Crippen LogP contribution in [0.2, 0.25) is 0 Å². The molecule has 3 unspecified atom stereocenters. The fraction of sp³-hybridized carbons (Fsp3) is 0.333. The Kier molecular flexibility index (Phi) is 3.33. The van der Waals surface area contributed by atoms with Gasteiger partial charge < -0.3 is 0 Å². The van der Waals surface area contributed by atoms with Gasteiger partial charge >= 0.3 is 0 Å². The van der Waals surface area contributed by atoms with Gasteiger partial charge in [0.2, 0.25) is 5.52 Å². The second kappa shape index (κ2) is 6.02. The first kappa shape index (κ1) is 18.3. The number of nitrogens with zero attached hydrogens (tertiary/aromatic N) is 3. The Hall–Kier alpha value is -3.20. The zero-order chi connectivity index (χ0) is 22.0. The molecule has 0 spiro atoms. The van der Waals surface area contributed by atoms with Crippen LogP contribution in [0.5, 0.6) is 0 Å². The third-order valence-corrected chi connectivity index (χ3v) is 9.21. The summed E-state index contributed by atoms with van der Waals surface area (Å²) in [5, 5.41) is 6.69. The predicted molar refractivity (Wildman–Crippen MR) is 135 cm³/mol. The lowest BCUT2D eigenvalue weighted by atomic mass is 9.82. The van der Waals surface area contributed by atoms with E-state index in [1.165, 1.54) is 80.3 Å². The highest BCUT2D eigenvalue weighted by molar-refractivity contribution is 6.25. The molecule has 4 heterocycles. The molecule has 3 heteroatoms. The van der Waals surface area contributed by atoms with Crippen LogP contribution in [0.3, 0.4) is 0 Å². The van der Waals surface area contributed by atoms with E-state index in [-0.39, 0.29) is 0 Å². The number of hydrogen-bond acceptors (Lipinski definition) is 1. The molecule has 3 nitrogen and oxygen atoms in total. The van der Waals surface area contributed by atoms with Crippen LogP contribution in [0.1, 0.15) is 48.3 Å². The van der Waals surface area contributed by atoms with E-state index in [2.05, 4.69) is 72.5 Å². The van der Waals surface area contributed by atoms with E-state index in [9.17, 15) is 0 Å². The molecule has 0 amide bonds. The van der Waals surface area contributed by atoms with Crippen molar-refractivity contribution in [2.24, 2.45) is 18.9 Å². The van der Waals surface area contributed by atoms with Crippen LogP contribution in [-0.4, -0.2) is 9.38 Å². The van der Waals surface area contributed by atoms with E-state index in [4.69, 9.17) is 4.98 Å². The van der Waals surface area contributed by atoms with Gasteiger partial charge in [0.05, 0.1) is 21.8 Å². The zero-order valence-corrected chi connectivity index (χ0v) is 19.5. The number of hydrogen-bond donors (Lipinski definition) is 0. The molecule has 0 N–H and O–H groups in total. The van der Waals surface area contributed by atoms with Crippen LogP contribution in [0.25, 0.3) is 49.1 Å². The maximum Gasteiger partial charge on any atom is 0.224 e. The van der Waals surface area contributed by atoms with E-state index < -0.39 is 0 Å². The van der Waals surface area contributed by atoms with Crippen molar-refractivity contribution in [2.75, 3.05) is 0 Å². The molecule has 2 aromatic carbocycles. The van der Waals surface area contributed by atoms with Crippen LogP contribution in [0.15, 0.2) is 48.8 Å². The zero-order valence-electron chi connectivity index (χ0n) is 19.5. The summed E-state index contributed by atoms with van der Waals surface area (Å²) in [6, 6.07) is 14.1. The first-order chi connectivity index (χ1) is 16.1. The van der Waals surface area contributed by atoms with Crippen LogP contribution in [0.4, 0.5) is 0 Å². The van der Waals surface area contributed by atoms with Gasteiger partial charge in [-0.2, -0.15) is 0 Å². The van der Waals surface area contributed by atoms with Crippen molar-refractivity contribution in [3.63, 3.8) is 0 Å². The quantitative estimate of drug-likeness (QED) is 0.161. The minimum atomic E-state index is 0.716. The Morgan fingerprint density at radius 3 is 2.73 bits per heavy atom. The smallest absolute Gasteiger partial charge is 0.224 e. The standard InChI is InChI=1S/C30H28N3/c1-16-11-24-22-5-4-9-31-30(22)33-25-15-21(23-13-18-6-7-19(23)12-18)14-20-8-10-32(3)29(27(20)25)26(17(16)2)28(24)33/h4-5,8-11,14-15,18-19,23H,6-7,12-13H2,1-3H3/q+1. The van der Waals surface area contributed by atoms with Crippen LogP contribution in [-0.2, 0) is 7.05 Å². The average molecular weight is 431 g/mol. The number of rotatable bonds is 1. The van der Waals surface area contributed by atoms with E-state index in [0.717, 1.165) is 17.5 Å². The predicted octanol–water partition coefficient (Wildman–Crippen LogP) is 6.73. The number of pyridine rings is 3. The van der Waals surface area contributed by atoms with Gasteiger partial charge in [0.25, 0.3) is 0 Å². The lowest BCUT2D eigenvalue weighted by molar-refractivity contribution is -0.643. The molecule has 3 atom stereocenters. The van der Waals surface area contributed by atoms with Gasteiger partial charge in [-0.25, -0.2) is 9.55 Å². The lowest BCUT2D eigenvalue weighted by Crippen LogP contribution is -2.29. The molecule has 2 saturated carbocycles. The summed E-state index contributed by atoms with van der Waals surface area (Å²) in [6.45, 7) is 4.53. The van der Waals surface area contributed by atoms with E-state index in [1.54, 1.807) is 5.56 Å². The van der Waals surface area contributed by atoms with Gasteiger partial charge in [0.15, 0.2) is 6.20 Å². The van der Waals surface area contributed by atoms with Crippen molar-refractivity contribution in [1.82, 2.24) is 9.38 Å². The fourth-order valence-electron chi connectivity index (χ4n) is 7.60. The molecule has 0 radical (unpaired) electrons. The molecular formula is C30H28N3+.